The summed E-state index contributed by atoms with van der Waals surface area (Å²) >= 11 is 0. The summed E-state index contributed by atoms with van der Waals surface area (Å²) in [6.45, 7) is 2.61. The average molecular weight is 298 g/mol. The highest BCUT2D eigenvalue weighted by Gasteiger charge is 2.10. The molecule has 0 spiro atoms. The van der Waals surface area contributed by atoms with Gasteiger partial charge in [-0.25, -0.2) is 15.0 Å². The first-order chi connectivity index (χ1) is 10.8. The van der Waals surface area contributed by atoms with E-state index < -0.39 is 0 Å². The van der Waals surface area contributed by atoms with Crippen LogP contribution in [0.25, 0.3) is 5.82 Å². The van der Waals surface area contributed by atoms with E-state index in [-0.39, 0.29) is 0 Å². The van der Waals surface area contributed by atoms with Crippen LogP contribution in [-0.2, 0) is 6.54 Å². The number of aromatic nitrogens is 3. The normalized spacial score (nSPS) is 16.5. The van der Waals surface area contributed by atoms with E-state index in [0.29, 0.717) is 12.5 Å². The van der Waals surface area contributed by atoms with Crippen LogP contribution in [0.15, 0.2) is 42.0 Å². The van der Waals surface area contributed by atoms with Crippen LogP contribution in [0.4, 0.5) is 0 Å². The molecule has 1 fully saturated rings. The number of pyridine rings is 1. The molecule has 0 atom stereocenters. The zero-order valence-corrected chi connectivity index (χ0v) is 12.7. The predicted octanol–water partition coefficient (Wildman–Crippen LogP) is 1.96. The largest absolute Gasteiger partial charge is 0.370 e. The minimum Gasteiger partial charge on any atom is -0.370 e. The highest BCUT2D eigenvalue weighted by atomic mass is 15.2. The van der Waals surface area contributed by atoms with Gasteiger partial charge in [0.1, 0.15) is 12.1 Å². The van der Waals surface area contributed by atoms with E-state index in [1.54, 1.807) is 12.5 Å². The molecule has 3 heterocycles. The second-order valence-corrected chi connectivity index (χ2v) is 5.57. The highest BCUT2D eigenvalue weighted by molar-refractivity contribution is 5.78. The monoisotopic (exact) mass is 298 g/mol. The number of hydrogen-bond acceptors (Lipinski definition) is 3. The molecule has 0 bridgehead atoms. The van der Waals surface area contributed by atoms with Crippen molar-refractivity contribution in [1.29, 1.82) is 0 Å². The smallest absolute Gasteiger partial charge is 0.191 e. The molecule has 0 radical (unpaired) electrons. The molecule has 2 N–H and O–H groups in total. The van der Waals surface area contributed by atoms with Crippen molar-refractivity contribution in [3.8, 4) is 5.82 Å². The SMILES string of the molecule is NC(=NCc1ccc(-n2ccnc2)nc1)N1CCCCCC1. The van der Waals surface area contributed by atoms with Crippen molar-refractivity contribution in [3.05, 3.63) is 42.6 Å². The second kappa shape index (κ2) is 7.06. The number of nitrogens with zero attached hydrogens (tertiary/aromatic N) is 5. The molecule has 6 heteroatoms. The van der Waals surface area contributed by atoms with E-state index in [1.807, 2.05) is 29.1 Å². The van der Waals surface area contributed by atoms with Crippen molar-refractivity contribution in [2.45, 2.75) is 32.2 Å². The Morgan fingerprint density at radius 2 is 2.00 bits per heavy atom. The number of aliphatic imine (C=N–C) groups is 1. The maximum absolute atomic E-state index is 6.12. The van der Waals surface area contributed by atoms with E-state index in [2.05, 4.69) is 19.9 Å². The summed E-state index contributed by atoms with van der Waals surface area (Å²) in [4.78, 5) is 15.2. The first-order valence-electron chi connectivity index (χ1n) is 7.81. The van der Waals surface area contributed by atoms with Gasteiger partial charge < -0.3 is 10.6 Å². The Morgan fingerprint density at radius 1 is 1.18 bits per heavy atom. The lowest BCUT2D eigenvalue weighted by Crippen LogP contribution is -2.38. The summed E-state index contributed by atoms with van der Waals surface area (Å²) in [6, 6.07) is 4.00. The molecule has 2 aromatic rings. The highest BCUT2D eigenvalue weighted by Crippen LogP contribution is 2.10. The van der Waals surface area contributed by atoms with Gasteiger partial charge in [-0.3, -0.25) is 4.57 Å². The van der Waals surface area contributed by atoms with E-state index in [4.69, 9.17) is 5.73 Å². The molecule has 2 aromatic heterocycles. The van der Waals surface area contributed by atoms with Gasteiger partial charge in [0, 0.05) is 31.7 Å². The molecule has 1 saturated heterocycles. The van der Waals surface area contributed by atoms with E-state index in [0.717, 1.165) is 24.5 Å². The van der Waals surface area contributed by atoms with Gasteiger partial charge in [-0.2, -0.15) is 0 Å². The minimum atomic E-state index is 0.569. The Bertz CT molecular complexity index is 594. The Morgan fingerprint density at radius 3 is 2.64 bits per heavy atom. The van der Waals surface area contributed by atoms with Crippen molar-refractivity contribution >= 4 is 5.96 Å². The van der Waals surface area contributed by atoms with Crippen molar-refractivity contribution in [2.75, 3.05) is 13.1 Å². The van der Waals surface area contributed by atoms with Crippen LogP contribution in [0.3, 0.4) is 0 Å². The number of nitrogens with two attached hydrogens (primary N) is 1. The first-order valence-corrected chi connectivity index (χ1v) is 7.81. The standard InChI is InChI=1S/C16H22N6/c17-16(21-8-3-1-2-4-9-21)20-12-14-5-6-15(19-11-14)22-10-7-18-13-22/h5-7,10-11,13H,1-4,8-9,12H2,(H2,17,20). The quantitative estimate of drug-likeness (QED) is 0.694. The zero-order valence-electron chi connectivity index (χ0n) is 12.7. The van der Waals surface area contributed by atoms with Crippen molar-refractivity contribution in [1.82, 2.24) is 19.4 Å². The van der Waals surface area contributed by atoms with Gasteiger partial charge in [-0.05, 0) is 24.5 Å². The summed E-state index contributed by atoms with van der Waals surface area (Å²) in [6.07, 6.45) is 12.2. The minimum absolute atomic E-state index is 0.569. The number of likely N-dealkylation sites (tertiary alicyclic amines) is 1. The molecule has 6 nitrogen and oxygen atoms in total. The third-order valence-electron chi connectivity index (χ3n) is 3.93. The molecule has 0 aliphatic carbocycles. The topological polar surface area (TPSA) is 72.3 Å². The van der Waals surface area contributed by atoms with Gasteiger partial charge in [0.25, 0.3) is 0 Å². The zero-order chi connectivity index (χ0) is 15.2. The number of guanidine groups is 1. The fraction of sp³-hybridized carbons (Fsp3) is 0.438. The summed E-state index contributed by atoms with van der Waals surface area (Å²) in [7, 11) is 0. The fourth-order valence-corrected chi connectivity index (χ4v) is 2.63. The van der Waals surface area contributed by atoms with Crippen LogP contribution in [0.5, 0.6) is 0 Å². The van der Waals surface area contributed by atoms with E-state index >= 15 is 0 Å². The van der Waals surface area contributed by atoms with Crippen LogP contribution < -0.4 is 5.73 Å². The number of rotatable bonds is 3. The predicted molar refractivity (Wildman–Crippen MR) is 86.7 cm³/mol. The molecular formula is C16H22N6. The Hall–Kier alpha value is -2.37. The lowest BCUT2D eigenvalue weighted by molar-refractivity contribution is 0.428. The molecule has 1 aliphatic rings. The van der Waals surface area contributed by atoms with Crippen LogP contribution in [0, 0.1) is 0 Å². The molecule has 3 rings (SSSR count). The molecule has 116 valence electrons. The second-order valence-electron chi connectivity index (χ2n) is 5.57. The van der Waals surface area contributed by atoms with Crippen molar-refractivity contribution < 1.29 is 0 Å². The maximum atomic E-state index is 6.12. The summed E-state index contributed by atoms with van der Waals surface area (Å²) in [5.74, 6) is 1.51. The summed E-state index contributed by atoms with van der Waals surface area (Å²) in [5, 5.41) is 0. The fourth-order valence-electron chi connectivity index (χ4n) is 2.63. The lowest BCUT2D eigenvalue weighted by atomic mass is 10.2. The molecule has 0 amide bonds. The first kappa shape index (κ1) is 14.6. The van der Waals surface area contributed by atoms with E-state index in [1.165, 1.54) is 25.7 Å². The van der Waals surface area contributed by atoms with Crippen molar-refractivity contribution in [3.63, 3.8) is 0 Å². The van der Waals surface area contributed by atoms with Crippen LogP contribution in [-0.4, -0.2) is 38.5 Å². The van der Waals surface area contributed by atoms with Crippen molar-refractivity contribution in [2.24, 2.45) is 10.7 Å². The van der Waals surface area contributed by atoms with Crippen LogP contribution in [0.2, 0.25) is 0 Å². The third-order valence-corrected chi connectivity index (χ3v) is 3.93. The number of hydrogen-bond donors (Lipinski definition) is 1. The molecule has 0 saturated carbocycles. The molecule has 0 unspecified atom stereocenters. The lowest BCUT2D eigenvalue weighted by Gasteiger charge is -2.21. The van der Waals surface area contributed by atoms with Crippen LogP contribution >= 0.6 is 0 Å². The van der Waals surface area contributed by atoms with Gasteiger partial charge in [-0.1, -0.05) is 18.9 Å². The van der Waals surface area contributed by atoms with Gasteiger partial charge in [0.2, 0.25) is 0 Å². The Labute approximate surface area is 130 Å². The Balaban J connectivity index is 1.61. The maximum Gasteiger partial charge on any atom is 0.191 e. The molecule has 22 heavy (non-hydrogen) atoms. The van der Waals surface area contributed by atoms with Gasteiger partial charge in [-0.15, -0.1) is 0 Å². The molecule has 0 aromatic carbocycles. The average Bonchev–Trinajstić information content (AvgIpc) is 2.95. The molecular weight excluding hydrogens is 276 g/mol. The summed E-state index contributed by atoms with van der Waals surface area (Å²) < 4.78 is 1.87. The van der Waals surface area contributed by atoms with Gasteiger partial charge in [0.15, 0.2) is 5.96 Å². The Kier molecular flexibility index (Phi) is 4.68. The summed E-state index contributed by atoms with van der Waals surface area (Å²) in [5.41, 5.74) is 7.17. The van der Waals surface area contributed by atoms with Gasteiger partial charge in [0.05, 0.1) is 6.54 Å². The third kappa shape index (κ3) is 3.63. The van der Waals surface area contributed by atoms with Crippen LogP contribution in [0.1, 0.15) is 31.2 Å². The van der Waals surface area contributed by atoms with E-state index in [9.17, 15) is 0 Å². The van der Waals surface area contributed by atoms with Gasteiger partial charge >= 0.3 is 0 Å². The molecule has 1 aliphatic heterocycles. The number of imidazole rings is 1.